The molecule has 1 N–H and O–H groups in total. The van der Waals surface area contributed by atoms with E-state index < -0.39 is 0 Å². The van der Waals surface area contributed by atoms with Crippen LogP contribution in [0.1, 0.15) is 32.7 Å². The van der Waals surface area contributed by atoms with Crippen molar-refractivity contribution in [3.05, 3.63) is 113 Å². The summed E-state index contributed by atoms with van der Waals surface area (Å²) in [6.07, 6.45) is 1.65. The van der Waals surface area contributed by atoms with Crippen molar-refractivity contribution in [2.45, 2.75) is 20.1 Å². The van der Waals surface area contributed by atoms with Gasteiger partial charge in [-0.2, -0.15) is 5.10 Å². The number of nitrogens with zero attached hydrogens (tertiary/aromatic N) is 4. The smallest absolute Gasteiger partial charge is 0.277 e. The number of amides is 1. The predicted molar refractivity (Wildman–Crippen MR) is 123 cm³/mol. The molecule has 0 saturated heterocycles. The van der Waals surface area contributed by atoms with E-state index in [1.807, 2.05) is 91.9 Å². The highest BCUT2D eigenvalue weighted by atomic mass is 16.5. The molecule has 1 amide bonds. The first-order valence-corrected chi connectivity index (χ1v) is 10.2. The molecule has 7 nitrogen and oxygen atoms in total. The molecular weight excluding hydrogens is 402 g/mol. The van der Waals surface area contributed by atoms with Gasteiger partial charge in [0.2, 0.25) is 5.69 Å². The molecule has 0 aliphatic heterocycles. The second kappa shape index (κ2) is 10.2. The fourth-order valence-electron chi connectivity index (χ4n) is 2.97. The molecule has 0 spiro atoms. The Morgan fingerprint density at radius 2 is 1.62 bits per heavy atom. The van der Waals surface area contributed by atoms with Gasteiger partial charge in [-0.3, -0.25) is 4.79 Å². The zero-order valence-corrected chi connectivity index (χ0v) is 17.7. The third-order valence-electron chi connectivity index (χ3n) is 4.74. The van der Waals surface area contributed by atoms with Gasteiger partial charge in [0.25, 0.3) is 11.8 Å². The molecule has 0 saturated carbocycles. The number of carbonyl (C=O) groups excluding carboxylic acids is 1. The van der Waals surface area contributed by atoms with E-state index in [4.69, 9.17) is 4.74 Å². The molecule has 1 aromatic heterocycles. The molecular formula is C25H23N5O2. The third kappa shape index (κ3) is 5.46. The van der Waals surface area contributed by atoms with Gasteiger partial charge in [-0.05, 0) is 28.8 Å². The number of hydrogen-bond donors (Lipinski definition) is 1. The van der Waals surface area contributed by atoms with E-state index in [1.54, 1.807) is 6.21 Å². The van der Waals surface area contributed by atoms with E-state index in [1.165, 1.54) is 4.79 Å². The summed E-state index contributed by atoms with van der Waals surface area (Å²) in [4.78, 5) is 14.1. The van der Waals surface area contributed by atoms with E-state index in [9.17, 15) is 4.79 Å². The van der Waals surface area contributed by atoms with Gasteiger partial charge < -0.3 is 10.1 Å². The molecule has 4 aromatic rings. The van der Waals surface area contributed by atoms with Crippen molar-refractivity contribution in [3.63, 3.8) is 0 Å². The lowest BCUT2D eigenvalue weighted by atomic mass is 10.2. The van der Waals surface area contributed by atoms with Crippen LogP contribution in [0.2, 0.25) is 0 Å². The summed E-state index contributed by atoms with van der Waals surface area (Å²) in [5, 5.41) is 15.3. The summed E-state index contributed by atoms with van der Waals surface area (Å²) in [5.41, 5.74) is 4.08. The van der Waals surface area contributed by atoms with Crippen LogP contribution in [0.5, 0.6) is 5.88 Å². The Labute approximate surface area is 186 Å². The average Bonchev–Trinajstić information content (AvgIpc) is 3.25. The first-order chi connectivity index (χ1) is 15.7. The molecule has 0 aliphatic rings. The molecule has 0 aliphatic carbocycles. The highest BCUT2D eigenvalue weighted by molar-refractivity contribution is 5.94. The number of benzene rings is 3. The Bertz CT molecular complexity index is 1190. The van der Waals surface area contributed by atoms with Crippen molar-refractivity contribution in [3.8, 4) is 5.88 Å². The fourth-order valence-corrected chi connectivity index (χ4v) is 2.97. The number of hydrogen-bond acceptors (Lipinski definition) is 5. The monoisotopic (exact) mass is 425 g/mol. The Balaban J connectivity index is 1.55. The maximum atomic E-state index is 12.8. The highest BCUT2D eigenvalue weighted by Crippen LogP contribution is 2.18. The van der Waals surface area contributed by atoms with Crippen LogP contribution in [0.3, 0.4) is 0 Å². The van der Waals surface area contributed by atoms with Crippen LogP contribution in [0, 0.1) is 6.92 Å². The SMILES string of the molecule is Cc1ccc(/C=N/n2nnc(C(=O)NCc3ccccc3)c2OCc2ccccc2)cc1. The molecule has 0 unspecified atom stereocenters. The third-order valence-corrected chi connectivity index (χ3v) is 4.74. The molecule has 160 valence electrons. The van der Waals surface area contributed by atoms with E-state index in [0.29, 0.717) is 6.54 Å². The van der Waals surface area contributed by atoms with E-state index in [-0.39, 0.29) is 24.1 Å². The van der Waals surface area contributed by atoms with Crippen LogP contribution in [0.4, 0.5) is 0 Å². The lowest BCUT2D eigenvalue weighted by molar-refractivity contribution is 0.0940. The minimum Gasteiger partial charge on any atom is -0.470 e. The average molecular weight is 425 g/mol. The van der Waals surface area contributed by atoms with Gasteiger partial charge in [-0.1, -0.05) is 95.3 Å². The lowest BCUT2D eigenvalue weighted by Crippen LogP contribution is -2.24. The number of rotatable bonds is 8. The summed E-state index contributed by atoms with van der Waals surface area (Å²) in [5.74, 6) is -0.198. The van der Waals surface area contributed by atoms with Crippen LogP contribution >= 0.6 is 0 Å². The molecule has 3 aromatic carbocycles. The van der Waals surface area contributed by atoms with E-state index in [0.717, 1.165) is 22.3 Å². The Kier molecular flexibility index (Phi) is 6.67. The van der Waals surface area contributed by atoms with Crippen molar-refractivity contribution >= 4 is 12.1 Å². The zero-order chi connectivity index (χ0) is 22.2. The molecule has 0 atom stereocenters. The molecule has 7 heteroatoms. The van der Waals surface area contributed by atoms with Crippen molar-refractivity contribution in [1.29, 1.82) is 0 Å². The topological polar surface area (TPSA) is 81.4 Å². The van der Waals surface area contributed by atoms with Gasteiger partial charge in [-0.25, -0.2) is 0 Å². The number of aryl methyl sites for hydroxylation is 1. The van der Waals surface area contributed by atoms with Crippen molar-refractivity contribution in [2.24, 2.45) is 5.10 Å². The molecule has 0 bridgehead atoms. The number of nitrogens with one attached hydrogen (secondary N) is 1. The molecule has 0 radical (unpaired) electrons. The summed E-state index contributed by atoms with van der Waals surface area (Å²) < 4.78 is 5.94. The first-order valence-electron chi connectivity index (χ1n) is 10.2. The fraction of sp³-hybridized carbons (Fsp3) is 0.120. The molecule has 4 rings (SSSR count). The maximum absolute atomic E-state index is 12.8. The van der Waals surface area contributed by atoms with Gasteiger partial charge >= 0.3 is 0 Å². The van der Waals surface area contributed by atoms with Gasteiger partial charge in [0.15, 0.2) is 0 Å². The van der Waals surface area contributed by atoms with Gasteiger partial charge in [0, 0.05) is 6.54 Å². The normalized spacial score (nSPS) is 10.9. The van der Waals surface area contributed by atoms with Crippen LogP contribution in [0.25, 0.3) is 0 Å². The summed E-state index contributed by atoms with van der Waals surface area (Å²) in [6, 6.07) is 27.2. The molecule has 32 heavy (non-hydrogen) atoms. The van der Waals surface area contributed by atoms with Gasteiger partial charge in [0.1, 0.15) is 6.61 Å². The zero-order valence-electron chi connectivity index (χ0n) is 17.7. The molecule has 1 heterocycles. The van der Waals surface area contributed by atoms with E-state index >= 15 is 0 Å². The largest absolute Gasteiger partial charge is 0.470 e. The van der Waals surface area contributed by atoms with Crippen LogP contribution in [-0.2, 0) is 13.2 Å². The highest BCUT2D eigenvalue weighted by Gasteiger charge is 2.21. The number of carbonyl (C=O) groups is 1. The Morgan fingerprint density at radius 1 is 0.969 bits per heavy atom. The lowest BCUT2D eigenvalue weighted by Gasteiger charge is -2.08. The second-order valence-electron chi connectivity index (χ2n) is 7.23. The minimum atomic E-state index is -0.381. The quantitative estimate of drug-likeness (QED) is 0.433. The summed E-state index contributed by atoms with van der Waals surface area (Å²) in [6.45, 7) is 2.65. The molecule has 0 fully saturated rings. The van der Waals surface area contributed by atoms with E-state index in [2.05, 4.69) is 20.7 Å². The maximum Gasteiger partial charge on any atom is 0.277 e. The van der Waals surface area contributed by atoms with Crippen molar-refractivity contribution in [1.82, 2.24) is 20.4 Å². The predicted octanol–water partition coefficient (Wildman–Crippen LogP) is 3.98. The van der Waals surface area contributed by atoms with Crippen LogP contribution in [0.15, 0.2) is 90.0 Å². The van der Waals surface area contributed by atoms with Gasteiger partial charge in [-0.15, -0.1) is 5.10 Å². The minimum absolute atomic E-state index is 0.0814. The first kappa shape index (κ1) is 21.0. The summed E-state index contributed by atoms with van der Waals surface area (Å²) in [7, 11) is 0. The van der Waals surface area contributed by atoms with Gasteiger partial charge in [0.05, 0.1) is 6.21 Å². The second-order valence-corrected chi connectivity index (χ2v) is 7.23. The van der Waals surface area contributed by atoms with Crippen LogP contribution < -0.4 is 10.1 Å². The van der Waals surface area contributed by atoms with Crippen LogP contribution in [-0.4, -0.2) is 27.2 Å². The van der Waals surface area contributed by atoms with Crippen molar-refractivity contribution in [2.75, 3.05) is 0 Å². The number of aromatic nitrogens is 3. The summed E-state index contributed by atoms with van der Waals surface area (Å²) >= 11 is 0. The van der Waals surface area contributed by atoms with Crippen molar-refractivity contribution < 1.29 is 9.53 Å². The Hall–Kier alpha value is -4.26. The number of ether oxygens (including phenoxy) is 1. The Morgan fingerprint density at radius 3 is 2.31 bits per heavy atom. The standard InChI is InChI=1S/C25H23N5O2/c1-19-12-14-21(15-13-19)17-27-30-25(32-18-22-10-6-3-7-11-22)23(28-29-30)24(31)26-16-20-8-4-2-5-9-20/h2-15,17H,16,18H2,1H3,(H,26,31)/b27-17+.